The Morgan fingerprint density at radius 1 is 1.29 bits per heavy atom. The third-order valence-electron chi connectivity index (χ3n) is 2.90. The summed E-state index contributed by atoms with van der Waals surface area (Å²) in [6, 6.07) is 3.90. The molecule has 0 aliphatic rings. The minimum absolute atomic E-state index is 0.598. The molecule has 6 nitrogen and oxygen atoms in total. The first-order valence-corrected chi connectivity index (χ1v) is 7.89. The molecule has 3 N–H and O–H groups in total. The van der Waals surface area contributed by atoms with E-state index in [0.29, 0.717) is 12.5 Å². The van der Waals surface area contributed by atoms with E-state index in [-0.39, 0.29) is 0 Å². The van der Waals surface area contributed by atoms with Crippen LogP contribution in [-0.2, 0) is 6.54 Å². The molecule has 0 unspecified atom stereocenters. The lowest BCUT2D eigenvalue weighted by atomic mass is 10.3. The highest BCUT2D eigenvalue weighted by Crippen LogP contribution is 2.24. The van der Waals surface area contributed by atoms with Crippen LogP contribution in [0.25, 0.3) is 11.0 Å². The fourth-order valence-electron chi connectivity index (χ4n) is 1.90. The Labute approximate surface area is 131 Å². The molecule has 3 aromatic rings. The molecule has 0 saturated carbocycles. The van der Waals surface area contributed by atoms with Gasteiger partial charge in [0.15, 0.2) is 5.65 Å². The highest BCUT2D eigenvalue weighted by molar-refractivity contribution is 7.16. The summed E-state index contributed by atoms with van der Waals surface area (Å²) in [6.45, 7) is 3.60. The van der Waals surface area contributed by atoms with E-state index in [1.165, 1.54) is 0 Å². The van der Waals surface area contributed by atoms with Crippen molar-refractivity contribution in [1.82, 2.24) is 20.2 Å². The fourth-order valence-corrected chi connectivity index (χ4v) is 2.93. The van der Waals surface area contributed by atoms with Gasteiger partial charge in [-0.15, -0.1) is 11.3 Å². The second-order valence-corrected chi connectivity index (χ2v) is 6.31. The van der Waals surface area contributed by atoms with Gasteiger partial charge < -0.3 is 10.6 Å². The first-order valence-electron chi connectivity index (χ1n) is 6.69. The van der Waals surface area contributed by atoms with Gasteiger partial charge in [-0.05, 0) is 18.6 Å². The van der Waals surface area contributed by atoms with Crippen molar-refractivity contribution in [3.8, 4) is 0 Å². The van der Waals surface area contributed by atoms with Gasteiger partial charge in [0.1, 0.15) is 5.82 Å². The normalized spacial score (nSPS) is 11.0. The maximum Gasteiger partial charge on any atom is 0.226 e. The highest BCUT2D eigenvalue weighted by atomic mass is 35.5. The average molecular weight is 323 g/mol. The van der Waals surface area contributed by atoms with Crippen LogP contribution in [0.2, 0.25) is 4.34 Å². The molecule has 3 aromatic heterocycles. The summed E-state index contributed by atoms with van der Waals surface area (Å²) in [4.78, 5) is 10.1. The van der Waals surface area contributed by atoms with Gasteiger partial charge in [0.05, 0.1) is 22.5 Å². The zero-order valence-electron chi connectivity index (χ0n) is 11.5. The van der Waals surface area contributed by atoms with Crippen molar-refractivity contribution in [2.24, 2.45) is 0 Å². The van der Waals surface area contributed by atoms with Crippen LogP contribution in [0.4, 0.5) is 11.8 Å². The average Bonchev–Trinajstić information content (AvgIpc) is 3.11. The molecule has 0 aliphatic carbocycles. The molecular weight excluding hydrogens is 308 g/mol. The number of aromatic amines is 1. The van der Waals surface area contributed by atoms with Crippen molar-refractivity contribution in [3.63, 3.8) is 0 Å². The molecule has 0 fully saturated rings. The Morgan fingerprint density at radius 3 is 2.95 bits per heavy atom. The number of anilines is 2. The highest BCUT2D eigenvalue weighted by Gasteiger charge is 2.09. The van der Waals surface area contributed by atoms with E-state index in [9.17, 15) is 0 Å². The molecule has 0 spiro atoms. The number of hydrogen-bond acceptors (Lipinski definition) is 6. The van der Waals surface area contributed by atoms with E-state index in [1.54, 1.807) is 17.5 Å². The van der Waals surface area contributed by atoms with Crippen LogP contribution in [0, 0.1) is 0 Å². The van der Waals surface area contributed by atoms with E-state index in [4.69, 9.17) is 11.6 Å². The number of nitrogens with one attached hydrogen (secondary N) is 3. The molecule has 21 heavy (non-hydrogen) atoms. The summed E-state index contributed by atoms with van der Waals surface area (Å²) in [7, 11) is 0. The SMILES string of the molecule is CCCNc1nc(NCc2ccc(Cl)s2)c2cn[nH]c2n1. The number of rotatable bonds is 6. The van der Waals surface area contributed by atoms with Crippen molar-refractivity contribution in [3.05, 3.63) is 27.5 Å². The number of hydrogen-bond donors (Lipinski definition) is 3. The van der Waals surface area contributed by atoms with Gasteiger partial charge >= 0.3 is 0 Å². The Hall–Kier alpha value is -1.86. The van der Waals surface area contributed by atoms with Crippen molar-refractivity contribution < 1.29 is 0 Å². The van der Waals surface area contributed by atoms with Gasteiger partial charge in [-0.3, -0.25) is 5.10 Å². The number of halogens is 1. The number of aromatic nitrogens is 4. The summed E-state index contributed by atoms with van der Waals surface area (Å²) < 4.78 is 0.785. The minimum Gasteiger partial charge on any atom is -0.364 e. The van der Waals surface area contributed by atoms with Crippen LogP contribution in [-0.4, -0.2) is 26.7 Å². The van der Waals surface area contributed by atoms with Crippen molar-refractivity contribution >= 4 is 45.7 Å². The van der Waals surface area contributed by atoms with E-state index in [2.05, 4.69) is 37.7 Å². The second-order valence-electron chi connectivity index (χ2n) is 4.51. The first-order chi connectivity index (χ1) is 10.3. The monoisotopic (exact) mass is 322 g/mol. The van der Waals surface area contributed by atoms with Gasteiger partial charge in [0.2, 0.25) is 5.95 Å². The zero-order valence-corrected chi connectivity index (χ0v) is 13.1. The van der Waals surface area contributed by atoms with Crippen LogP contribution in [0.3, 0.4) is 0 Å². The molecule has 8 heteroatoms. The third-order valence-corrected chi connectivity index (χ3v) is 4.13. The molecule has 0 saturated heterocycles. The predicted molar refractivity (Wildman–Crippen MR) is 87.1 cm³/mol. The molecule has 3 rings (SSSR count). The molecule has 0 radical (unpaired) electrons. The molecule has 0 amide bonds. The van der Waals surface area contributed by atoms with Crippen molar-refractivity contribution in [2.45, 2.75) is 19.9 Å². The lowest BCUT2D eigenvalue weighted by molar-refractivity contribution is 0.953. The predicted octanol–water partition coefficient (Wildman–Crippen LogP) is 3.50. The van der Waals surface area contributed by atoms with Crippen LogP contribution in [0.15, 0.2) is 18.3 Å². The lowest BCUT2D eigenvalue weighted by Gasteiger charge is -2.08. The minimum atomic E-state index is 0.598. The fraction of sp³-hybridized carbons (Fsp3) is 0.308. The quantitative estimate of drug-likeness (QED) is 0.647. The van der Waals surface area contributed by atoms with Crippen LogP contribution in [0.1, 0.15) is 18.2 Å². The first kappa shape index (κ1) is 14.1. The van der Waals surface area contributed by atoms with Crippen LogP contribution >= 0.6 is 22.9 Å². The Morgan fingerprint density at radius 2 is 2.19 bits per heavy atom. The summed E-state index contributed by atoms with van der Waals surface area (Å²) in [5, 5.41) is 14.3. The molecule has 0 aromatic carbocycles. The summed E-state index contributed by atoms with van der Waals surface area (Å²) in [5.74, 6) is 1.36. The third kappa shape index (κ3) is 3.25. The topological polar surface area (TPSA) is 78.5 Å². The maximum absolute atomic E-state index is 5.94. The van der Waals surface area contributed by atoms with Gasteiger partial charge in [-0.2, -0.15) is 15.1 Å². The number of thiophene rings is 1. The van der Waals surface area contributed by atoms with Gasteiger partial charge in [-0.1, -0.05) is 18.5 Å². The Bertz CT molecular complexity index is 737. The van der Waals surface area contributed by atoms with Crippen LogP contribution in [0.5, 0.6) is 0 Å². The Kier molecular flexibility index (Phi) is 4.21. The molecule has 3 heterocycles. The van der Waals surface area contributed by atoms with E-state index < -0.39 is 0 Å². The summed E-state index contributed by atoms with van der Waals surface area (Å²) in [5.41, 5.74) is 0.718. The lowest BCUT2D eigenvalue weighted by Crippen LogP contribution is -2.07. The van der Waals surface area contributed by atoms with Crippen LogP contribution < -0.4 is 10.6 Å². The van der Waals surface area contributed by atoms with Crippen molar-refractivity contribution in [1.29, 1.82) is 0 Å². The van der Waals surface area contributed by atoms with Gasteiger partial charge in [0, 0.05) is 11.4 Å². The molecule has 0 atom stereocenters. The largest absolute Gasteiger partial charge is 0.364 e. The van der Waals surface area contributed by atoms with E-state index >= 15 is 0 Å². The van der Waals surface area contributed by atoms with Gasteiger partial charge in [0.25, 0.3) is 0 Å². The molecule has 0 aliphatic heterocycles. The van der Waals surface area contributed by atoms with E-state index in [0.717, 1.165) is 39.0 Å². The summed E-state index contributed by atoms with van der Waals surface area (Å²) in [6.07, 6.45) is 2.74. The van der Waals surface area contributed by atoms with E-state index in [1.807, 2.05) is 12.1 Å². The standard InChI is InChI=1S/C13H15ClN6S/c1-2-5-15-13-18-11(9-7-17-20-12(9)19-13)16-6-8-3-4-10(14)21-8/h3-4,7H,2,5-6H2,1H3,(H3,15,16,17,18,19,20). The van der Waals surface area contributed by atoms with Crippen molar-refractivity contribution in [2.75, 3.05) is 17.2 Å². The summed E-state index contributed by atoms with van der Waals surface area (Å²) >= 11 is 7.50. The number of nitrogens with zero attached hydrogens (tertiary/aromatic N) is 3. The van der Waals surface area contributed by atoms with Gasteiger partial charge in [-0.25, -0.2) is 0 Å². The number of fused-ring (bicyclic) bond motifs is 1. The molecule has 0 bridgehead atoms. The zero-order chi connectivity index (χ0) is 14.7. The Balaban J connectivity index is 1.83. The molecular formula is C13H15ClN6S. The molecule has 110 valence electrons. The second kappa shape index (κ2) is 6.28. The number of H-pyrrole nitrogens is 1. The smallest absolute Gasteiger partial charge is 0.226 e. The maximum atomic E-state index is 5.94.